The summed E-state index contributed by atoms with van der Waals surface area (Å²) in [5, 5.41) is 2.33. The summed E-state index contributed by atoms with van der Waals surface area (Å²) in [6.45, 7) is 0. The molecule has 3 aliphatic rings. The lowest BCUT2D eigenvalue weighted by atomic mass is 9.64. The smallest absolute Gasteiger partial charge is 0.305 e. The third-order valence-electron chi connectivity index (χ3n) is 4.11. The summed E-state index contributed by atoms with van der Waals surface area (Å²) < 4.78 is 1.44. The number of rotatable bonds is 1. The zero-order valence-electron chi connectivity index (χ0n) is 9.84. The van der Waals surface area contributed by atoms with E-state index in [1.54, 1.807) is 18.5 Å². The second kappa shape index (κ2) is 3.11. The van der Waals surface area contributed by atoms with Crippen molar-refractivity contribution in [1.82, 2.24) is 19.9 Å². The average molecular weight is 258 g/mol. The minimum Gasteiger partial charge on any atom is -0.305 e. The molecule has 0 aromatic carbocycles. The zero-order chi connectivity index (χ0) is 13.2. The summed E-state index contributed by atoms with van der Waals surface area (Å²) in [5.74, 6) is -0.809. The number of aromatic amines is 1. The number of nitrogens with one attached hydrogen (secondary N) is 2. The molecule has 1 saturated carbocycles. The van der Waals surface area contributed by atoms with Crippen LogP contribution >= 0.6 is 0 Å². The van der Waals surface area contributed by atoms with Crippen molar-refractivity contribution < 1.29 is 9.59 Å². The normalized spacial score (nSPS) is 29.2. The molecule has 2 N–H and O–H groups in total. The number of carbonyl (C=O) groups excluding carboxylic acids is 2. The monoisotopic (exact) mass is 258 g/mol. The molecule has 0 spiro atoms. The van der Waals surface area contributed by atoms with Crippen LogP contribution in [0.3, 0.4) is 0 Å². The first-order chi connectivity index (χ1) is 9.12. The van der Waals surface area contributed by atoms with Crippen molar-refractivity contribution in [2.24, 2.45) is 5.92 Å². The van der Waals surface area contributed by atoms with Gasteiger partial charge in [0.2, 0.25) is 5.91 Å². The topological polar surface area (TPSA) is 96.9 Å². The van der Waals surface area contributed by atoms with E-state index in [1.807, 2.05) is 0 Å². The van der Waals surface area contributed by atoms with E-state index in [0.29, 0.717) is 23.9 Å². The number of nitrogens with zero attached hydrogens (tertiary/aromatic N) is 2. The van der Waals surface area contributed by atoms with Gasteiger partial charge < -0.3 is 4.98 Å². The van der Waals surface area contributed by atoms with Crippen LogP contribution in [0.5, 0.6) is 0 Å². The largest absolute Gasteiger partial charge is 0.327 e. The number of H-pyrrole nitrogens is 1. The van der Waals surface area contributed by atoms with Crippen molar-refractivity contribution in [3.05, 3.63) is 28.9 Å². The molecular formula is C12H10N4O3. The van der Waals surface area contributed by atoms with Crippen molar-refractivity contribution in [3.63, 3.8) is 0 Å². The first-order valence-corrected chi connectivity index (χ1v) is 6.02. The molecule has 2 aromatic rings. The van der Waals surface area contributed by atoms with Gasteiger partial charge in [0.1, 0.15) is 5.54 Å². The second-order valence-corrected chi connectivity index (χ2v) is 5.11. The zero-order valence-corrected chi connectivity index (χ0v) is 9.84. The molecule has 4 heterocycles. The van der Waals surface area contributed by atoms with Crippen LogP contribution in [0, 0.1) is 5.92 Å². The molecule has 3 fully saturated rings. The van der Waals surface area contributed by atoms with Crippen LogP contribution < -0.4 is 11.0 Å². The minimum absolute atomic E-state index is 0.175. The molecule has 2 aliphatic heterocycles. The molecule has 5 rings (SSSR count). The lowest BCUT2D eigenvalue weighted by molar-refractivity contribution is -0.156. The van der Waals surface area contributed by atoms with Gasteiger partial charge in [-0.15, -0.1) is 0 Å². The van der Waals surface area contributed by atoms with Gasteiger partial charge in [-0.2, -0.15) is 0 Å². The van der Waals surface area contributed by atoms with Crippen LogP contribution in [0.15, 0.2) is 23.3 Å². The molecule has 1 aliphatic carbocycles. The van der Waals surface area contributed by atoms with Crippen LogP contribution in [0.2, 0.25) is 0 Å². The summed E-state index contributed by atoms with van der Waals surface area (Å²) in [6, 6.07) is 1.69. The van der Waals surface area contributed by atoms with Gasteiger partial charge in [0, 0.05) is 12.1 Å². The highest BCUT2D eigenvalue weighted by Gasteiger charge is 2.59. The number of pyridine rings is 1. The van der Waals surface area contributed by atoms with E-state index in [2.05, 4.69) is 15.3 Å². The molecule has 2 aromatic heterocycles. The number of fused-ring (bicyclic) bond motifs is 3. The molecule has 2 bridgehead atoms. The van der Waals surface area contributed by atoms with E-state index in [4.69, 9.17) is 0 Å². The molecule has 2 saturated heterocycles. The SMILES string of the molecule is O=C1NC(=O)C2(n3c(=O)[nH]c4ccncc43)CC1C2. The molecule has 7 nitrogen and oxygen atoms in total. The molecule has 0 atom stereocenters. The van der Waals surface area contributed by atoms with Crippen LogP contribution in [-0.2, 0) is 15.1 Å². The fourth-order valence-corrected chi connectivity index (χ4v) is 3.12. The van der Waals surface area contributed by atoms with Crippen molar-refractivity contribution in [2.75, 3.05) is 0 Å². The molecule has 0 unspecified atom stereocenters. The maximum Gasteiger partial charge on any atom is 0.327 e. The Bertz CT molecular complexity index is 782. The Balaban J connectivity index is 1.97. The van der Waals surface area contributed by atoms with E-state index in [1.165, 1.54) is 4.57 Å². The highest BCUT2D eigenvalue weighted by atomic mass is 16.2. The Labute approximate surface area is 106 Å². The third kappa shape index (κ3) is 1.12. The lowest BCUT2D eigenvalue weighted by Gasteiger charge is -2.49. The van der Waals surface area contributed by atoms with Gasteiger partial charge in [0.25, 0.3) is 5.91 Å². The summed E-state index contributed by atoms with van der Waals surface area (Å²) in [7, 11) is 0. The highest BCUT2D eigenvalue weighted by Crippen LogP contribution is 2.47. The van der Waals surface area contributed by atoms with Gasteiger partial charge in [-0.3, -0.25) is 24.5 Å². The van der Waals surface area contributed by atoms with Gasteiger partial charge in [0.05, 0.1) is 17.2 Å². The van der Waals surface area contributed by atoms with Crippen molar-refractivity contribution >= 4 is 22.8 Å². The Morgan fingerprint density at radius 2 is 2.11 bits per heavy atom. The molecular weight excluding hydrogens is 248 g/mol. The van der Waals surface area contributed by atoms with E-state index in [9.17, 15) is 14.4 Å². The third-order valence-corrected chi connectivity index (χ3v) is 4.11. The molecule has 0 radical (unpaired) electrons. The van der Waals surface area contributed by atoms with E-state index in [-0.39, 0.29) is 17.5 Å². The van der Waals surface area contributed by atoms with Gasteiger partial charge in [-0.1, -0.05) is 0 Å². The van der Waals surface area contributed by atoms with Gasteiger partial charge >= 0.3 is 5.69 Å². The molecule has 96 valence electrons. The van der Waals surface area contributed by atoms with Gasteiger partial charge in [-0.05, 0) is 18.9 Å². The number of hydrogen-bond donors (Lipinski definition) is 2. The predicted molar refractivity (Wildman–Crippen MR) is 64.2 cm³/mol. The summed E-state index contributed by atoms with van der Waals surface area (Å²) in [5.41, 5.74) is -0.0411. The molecule has 2 amide bonds. The average Bonchev–Trinajstić information content (AvgIpc) is 2.64. The van der Waals surface area contributed by atoms with E-state index >= 15 is 0 Å². The number of imidazole rings is 1. The Morgan fingerprint density at radius 1 is 1.32 bits per heavy atom. The number of carbonyl (C=O) groups is 2. The number of imide groups is 1. The quantitative estimate of drug-likeness (QED) is 0.673. The number of amides is 2. The van der Waals surface area contributed by atoms with Crippen LogP contribution in [0.1, 0.15) is 12.8 Å². The van der Waals surface area contributed by atoms with Crippen LogP contribution in [0.4, 0.5) is 0 Å². The van der Waals surface area contributed by atoms with Crippen molar-refractivity contribution in [3.8, 4) is 0 Å². The minimum atomic E-state index is -0.934. The summed E-state index contributed by atoms with van der Waals surface area (Å²) >= 11 is 0. The predicted octanol–water partition coefficient (Wildman–Crippen LogP) is -0.514. The fourth-order valence-electron chi connectivity index (χ4n) is 3.12. The maximum atomic E-state index is 12.1. The first kappa shape index (κ1) is 10.5. The number of aromatic nitrogens is 3. The van der Waals surface area contributed by atoms with Crippen LogP contribution in [-0.4, -0.2) is 26.3 Å². The second-order valence-electron chi connectivity index (χ2n) is 5.11. The molecule has 7 heteroatoms. The van der Waals surface area contributed by atoms with Crippen LogP contribution in [0.25, 0.3) is 11.0 Å². The number of hydrogen-bond acceptors (Lipinski definition) is 4. The van der Waals surface area contributed by atoms with Gasteiger partial charge in [-0.25, -0.2) is 4.79 Å². The Hall–Kier alpha value is -2.44. The number of piperidine rings is 2. The van der Waals surface area contributed by atoms with Gasteiger partial charge in [0.15, 0.2) is 0 Å². The summed E-state index contributed by atoms with van der Waals surface area (Å²) in [6.07, 6.45) is 3.91. The fraction of sp³-hybridized carbons (Fsp3) is 0.333. The van der Waals surface area contributed by atoms with Crippen molar-refractivity contribution in [2.45, 2.75) is 18.4 Å². The van der Waals surface area contributed by atoms with Crippen molar-refractivity contribution in [1.29, 1.82) is 0 Å². The summed E-state index contributed by atoms with van der Waals surface area (Å²) in [4.78, 5) is 42.4. The van der Waals surface area contributed by atoms with E-state index < -0.39 is 11.4 Å². The van der Waals surface area contributed by atoms with E-state index in [0.717, 1.165) is 0 Å². The lowest BCUT2D eigenvalue weighted by Crippen LogP contribution is -2.68. The Morgan fingerprint density at radius 3 is 2.84 bits per heavy atom. The standard InChI is InChI=1S/C12H10N4O3/c17-9-6-3-12(4-6,10(18)15-9)16-8-5-13-2-1-7(8)14-11(16)19/h1-2,5-6H,3-4H2,(H,14,19)(H,15,17,18). The first-order valence-electron chi connectivity index (χ1n) is 6.02. The highest BCUT2D eigenvalue weighted by molar-refractivity contribution is 6.06. The Kier molecular flexibility index (Phi) is 1.72. The maximum absolute atomic E-state index is 12.1. The molecule has 19 heavy (non-hydrogen) atoms.